The predicted molar refractivity (Wildman–Crippen MR) is 74.6 cm³/mol. The molecule has 0 radical (unpaired) electrons. The van der Waals surface area contributed by atoms with Crippen LogP contribution in [0.25, 0.3) is 6.08 Å². The number of hydrogen-bond acceptors (Lipinski definition) is 4. The molecule has 0 bridgehead atoms. The van der Waals surface area contributed by atoms with Crippen LogP contribution in [0.15, 0.2) is 36.5 Å². The third-order valence-electron chi connectivity index (χ3n) is 2.12. The number of nitrogens with zero attached hydrogens (tertiary/aromatic N) is 1. The zero-order chi connectivity index (χ0) is 13.7. The van der Waals surface area contributed by atoms with E-state index in [0.717, 1.165) is 16.0 Å². The summed E-state index contributed by atoms with van der Waals surface area (Å²) in [6, 6.07) is 7.11. The molecule has 0 saturated heterocycles. The number of halogens is 1. The van der Waals surface area contributed by atoms with E-state index in [9.17, 15) is 4.79 Å². The van der Waals surface area contributed by atoms with Gasteiger partial charge in [-0.1, -0.05) is 17.7 Å². The Labute approximate surface area is 118 Å². The highest BCUT2D eigenvalue weighted by atomic mass is 35.5. The molecule has 0 fully saturated rings. The minimum atomic E-state index is -0.981. The third kappa shape index (κ3) is 4.39. The Kier molecular flexibility index (Phi) is 4.54. The van der Waals surface area contributed by atoms with Crippen LogP contribution in [0.5, 0.6) is 5.75 Å². The summed E-state index contributed by atoms with van der Waals surface area (Å²) >= 11 is 7.22. The van der Waals surface area contributed by atoms with Crippen molar-refractivity contribution in [3.63, 3.8) is 0 Å². The Hall–Kier alpha value is -1.85. The Morgan fingerprint density at radius 1 is 1.53 bits per heavy atom. The molecule has 19 heavy (non-hydrogen) atoms. The number of rotatable bonds is 5. The minimum Gasteiger partial charge on any atom is -0.486 e. The van der Waals surface area contributed by atoms with Crippen molar-refractivity contribution in [2.75, 3.05) is 0 Å². The summed E-state index contributed by atoms with van der Waals surface area (Å²) in [5, 5.41) is 9.90. The molecule has 98 valence electrons. The van der Waals surface area contributed by atoms with Gasteiger partial charge in [0.15, 0.2) is 0 Å². The molecule has 1 aromatic heterocycles. The van der Waals surface area contributed by atoms with E-state index in [1.165, 1.54) is 17.4 Å². The highest BCUT2D eigenvalue weighted by molar-refractivity contribution is 7.12. The Balaban J connectivity index is 1.95. The Bertz CT molecular complexity index is 609. The van der Waals surface area contributed by atoms with Crippen LogP contribution < -0.4 is 4.74 Å². The van der Waals surface area contributed by atoms with Gasteiger partial charge < -0.3 is 9.84 Å². The maximum Gasteiger partial charge on any atom is 0.328 e. The summed E-state index contributed by atoms with van der Waals surface area (Å²) in [4.78, 5) is 15.3. The average Bonchev–Trinajstić information content (AvgIpc) is 2.82. The van der Waals surface area contributed by atoms with E-state index < -0.39 is 5.97 Å². The number of aromatic nitrogens is 1. The van der Waals surface area contributed by atoms with Gasteiger partial charge in [0.05, 0.1) is 0 Å². The van der Waals surface area contributed by atoms with E-state index in [1.807, 2.05) is 6.07 Å². The fraction of sp³-hybridized carbons (Fsp3) is 0.0769. The molecule has 4 nitrogen and oxygen atoms in total. The van der Waals surface area contributed by atoms with Crippen LogP contribution in [0.3, 0.4) is 0 Å². The number of benzene rings is 1. The summed E-state index contributed by atoms with van der Waals surface area (Å²) in [6.07, 6.45) is 4.19. The van der Waals surface area contributed by atoms with Crippen molar-refractivity contribution in [1.29, 1.82) is 0 Å². The maximum atomic E-state index is 10.4. The molecule has 0 unspecified atom stereocenters. The number of hydrogen-bond donors (Lipinski definition) is 1. The number of aliphatic carboxylic acids is 1. The van der Waals surface area contributed by atoms with Crippen LogP contribution >= 0.6 is 22.9 Å². The highest BCUT2D eigenvalue weighted by Crippen LogP contribution is 2.20. The average molecular weight is 296 g/mol. The monoisotopic (exact) mass is 295 g/mol. The van der Waals surface area contributed by atoms with Crippen LogP contribution in [-0.2, 0) is 11.4 Å². The fourth-order valence-electron chi connectivity index (χ4n) is 1.32. The third-order valence-corrected chi connectivity index (χ3v) is 3.29. The van der Waals surface area contributed by atoms with E-state index in [-0.39, 0.29) is 0 Å². The lowest BCUT2D eigenvalue weighted by Gasteiger charge is -2.03. The summed E-state index contributed by atoms with van der Waals surface area (Å²) in [6.45, 7) is 0.325. The van der Waals surface area contributed by atoms with Crippen molar-refractivity contribution in [1.82, 2.24) is 4.98 Å². The summed E-state index contributed by atoms with van der Waals surface area (Å²) in [7, 11) is 0. The Morgan fingerprint density at radius 3 is 3.11 bits per heavy atom. The lowest BCUT2D eigenvalue weighted by Crippen LogP contribution is -1.93. The SMILES string of the molecule is O=C(O)/C=C/c1cnc(COc2cccc(Cl)c2)s1. The predicted octanol–water partition coefficient (Wildman–Crippen LogP) is 3.47. The fourth-order valence-corrected chi connectivity index (χ4v) is 2.24. The van der Waals surface area contributed by atoms with Gasteiger partial charge >= 0.3 is 5.97 Å². The van der Waals surface area contributed by atoms with Gasteiger partial charge in [0, 0.05) is 22.2 Å². The molecule has 0 aliphatic heterocycles. The second kappa shape index (κ2) is 6.36. The molecular formula is C13H10ClNO3S. The summed E-state index contributed by atoms with van der Waals surface area (Å²) < 4.78 is 5.53. The normalized spacial score (nSPS) is 10.8. The number of carboxylic acids is 1. The second-order valence-corrected chi connectivity index (χ2v) is 5.16. The van der Waals surface area contributed by atoms with Gasteiger partial charge in [0.25, 0.3) is 0 Å². The number of ether oxygens (including phenoxy) is 1. The topological polar surface area (TPSA) is 59.4 Å². The first-order valence-corrected chi connectivity index (χ1v) is 6.57. The van der Waals surface area contributed by atoms with Gasteiger partial charge in [-0.15, -0.1) is 11.3 Å². The van der Waals surface area contributed by atoms with E-state index in [4.69, 9.17) is 21.4 Å². The number of carboxylic acid groups (broad SMARTS) is 1. The molecule has 0 saturated carbocycles. The van der Waals surface area contributed by atoms with Gasteiger partial charge in [-0.2, -0.15) is 0 Å². The van der Waals surface area contributed by atoms with Crippen molar-refractivity contribution in [2.45, 2.75) is 6.61 Å². The van der Waals surface area contributed by atoms with E-state index in [0.29, 0.717) is 17.4 Å². The molecule has 1 N–H and O–H groups in total. The molecule has 0 amide bonds. The van der Waals surface area contributed by atoms with Crippen LogP contribution in [0, 0.1) is 0 Å². The minimum absolute atomic E-state index is 0.325. The first-order valence-electron chi connectivity index (χ1n) is 5.37. The first kappa shape index (κ1) is 13.6. The smallest absolute Gasteiger partial charge is 0.328 e. The van der Waals surface area contributed by atoms with Crippen LogP contribution in [0.2, 0.25) is 5.02 Å². The number of carbonyl (C=O) groups is 1. The maximum absolute atomic E-state index is 10.4. The van der Waals surface area contributed by atoms with Gasteiger partial charge in [0.1, 0.15) is 17.4 Å². The van der Waals surface area contributed by atoms with Crippen LogP contribution in [0.4, 0.5) is 0 Å². The number of thiazole rings is 1. The van der Waals surface area contributed by atoms with Gasteiger partial charge in [-0.25, -0.2) is 9.78 Å². The van der Waals surface area contributed by atoms with Crippen LogP contribution in [-0.4, -0.2) is 16.1 Å². The first-order chi connectivity index (χ1) is 9.13. The molecular weight excluding hydrogens is 286 g/mol. The lowest BCUT2D eigenvalue weighted by atomic mass is 10.3. The molecule has 0 spiro atoms. The molecule has 6 heteroatoms. The summed E-state index contributed by atoms with van der Waals surface area (Å²) in [5.41, 5.74) is 0. The zero-order valence-electron chi connectivity index (χ0n) is 9.75. The summed E-state index contributed by atoms with van der Waals surface area (Å²) in [5.74, 6) is -0.310. The molecule has 0 aliphatic rings. The molecule has 1 heterocycles. The van der Waals surface area contributed by atoms with Crippen molar-refractivity contribution < 1.29 is 14.6 Å². The van der Waals surface area contributed by atoms with Crippen molar-refractivity contribution in [3.05, 3.63) is 51.4 Å². The molecule has 0 aliphatic carbocycles. The Morgan fingerprint density at radius 2 is 2.37 bits per heavy atom. The van der Waals surface area contributed by atoms with E-state index in [1.54, 1.807) is 24.4 Å². The molecule has 2 aromatic rings. The zero-order valence-corrected chi connectivity index (χ0v) is 11.3. The van der Waals surface area contributed by atoms with Crippen molar-refractivity contribution in [3.8, 4) is 5.75 Å². The van der Waals surface area contributed by atoms with E-state index in [2.05, 4.69) is 4.98 Å². The quantitative estimate of drug-likeness (QED) is 0.858. The van der Waals surface area contributed by atoms with Crippen molar-refractivity contribution >= 4 is 35.0 Å². The van der Waals surface area contributed by atoms with E-state index >= 15 is 0 Å². The lowest BCUT2D eigenvalue weighted by molar-refractivity contribution is -0.131. The molecule has 0 atom stereocenters. The molecule has 2 rings (SSSR count). The second-order valence-electron chi connectivity index (χ2n) is 3.57. The van der Waals surface area contributed by atoms with Gasteiger partial charge in [-0.3, -0.25) is 0 Å². The molecule has 1 aromatic carbocycles. The largest absolute Gasteiger partial charge is 0.486 e. The standard InChI is InChI=1S/C13H10ClNO3S/c14-9-2-1-3-10(6-9)18-8-12-15-7-11(19-12)4-5-13(16)17/h1-7H,8H2,(H,16,17)/b5-4+. The van der Waals surface area contributed by atoms with Gasteiger partial charge in [0.2, 0.25) is 0 Å². The van der Waals surface area contributed by atoms with Crippen LogP contribution in [0.1, 0.15) is 9.88 Å². The highest BCUT2D eigenvalue weighted by Gasteiger charge is 2.02. The van der Waals surface area contributed by atoms with Gasteiger partial charge in [-0.05, 0) is 24.3 Å². The van der Waals surface area contributed by atoms with Crippen molar-refractivity contribution in [2.24, 2.45) is 0 Å².